The normalized spacial score (nSPS) is 10.5. The fraction of sp³-hybridized carbons (Fsp3) is 0.350. The first-order valence-electron chi connectivity index (χ1n) is 8.75. The number of carbonyl (C=O) groups excluding carboxylic acids is 3. The van der Waals surface area contributed by atoms with Crippen LogP contribution in [0.1, 0.15) is 45.0 Å². The van der Waals surface area contributed by atoms with Crippen molar-refractivity contribution in [2.45, 2.75) is 33.7 Å². The Labute approximate surface area is 168 Å². The molecule has 2 amide bonds. The third-order valence-electron chi connectivity index (χ3n) is 3.87. The highest BCUT2D eigenvalue weighted by Crippen LogP contribution is 2.33. The largest absolute Gasteiger partial charge is 0.483 e. The number of anilines is 1. The van der Waals surface area contributed by atoms with Crippen LogP contribution in [0.2, 0.25) is 0 Å². The van der Waals surface area contributed by atoms with Gasteiger partial charge >= 0.3 is 5.97 Å². The zero-order chi connectivity index (χ0) is 20.8. The van der Waals surface area contributed by atoms with Gasteiger partial charge in [0, 0.05) is 6.04 Å². The predicted molar refractivity (Wildman–Crippen MR) is 108 cm³/mol. The monoisotopic (exact) mass is 404 g/mol. The van der Waals surface area contributed by atoms with Crippen LogP contribution in [0.25, 0.3) is 0 Å². The van der Waals surface area contributed by atoms with Gasteiger partial charge in [0.05, 0.1) is 17.6 Å². The van der Waals surface area contributed by atoms with Gasteiger partial charge in [0.15, 0.2) is 6.61 Å². The molecule has 0 saturated carbocycles. The first-order valence-corrected chi connectivity index (χ1v) is 9.57. The number of ether oxygens (including phenoxy) is 2. The van der Waals surface area contributed by atoms with Crippen LogP contribution in [0.4, 0.5) is 5.00 Å². The van der Waals surface area contributed by atoms with E-state index in [-0.39, 0.29) is 29.1 Å². The molecule has 1 aromatic carbocycles. The highest BCUT2D eigenvalue weighted by Gasteiger charge is 2.26. The van der Waals surface area contributed by atoms with Crippen LogP contribution in [0, 0.1) is 13.8 Å². The smallest absolute Gasteiger partial charge is 0.341 e. The van der Waals surface area contributed by atoms with E-state index in [1.807, 2.05) is 39.0 Å². The summed E-state index contributed by atoms with van der Waals surface area (Å²) in [5, 5.41) is 5.70. The summed E-state index contributed by atoms with van der Waals surface area (Å²) >= 11 is 1.03. The Balaban J connectivity index is 2.21. The zero-order valence-electron chi connectivity index (χ0n) is 16.5. The van der Waals surface area contributed by atoms with Crippen molar-refractivity contribution < 1.29 is 23.9 Å². The average Bonchev–Trinajstić information content (AvgIpc) is 2.96. The Hall–Kier alpha value is -2.87. The van der Waals surface area contributed by atoms with E-state index in [1.54, 1.807) is 13.0 Å². The van der Waals surface area contributed by atoms with Crippen LogP contribution < -0.4 is 15.4 Å². The number of amides is 2. The Morgan fingerprint density at radius 2 is 1.82 bits per heavy atom. The molecule has 0 atom stereocenters. The lowest BCUT2D eigenvalue weighted by atomic mass is 10.1. The fourth-order valence-electron chi connectivity index (χ4n) is 2.52. The average molecular weight is 404 g/mol. The molecule has 8 heteroatoms. The van der Waals surface area contributed by atoms with Crippen molar-refractivity contribution in [2.75, 3.05) is 19.0 Å². The lowest BCUT2D eigenvalue weighted by Crippen LogP contribution is -2.29. The molecule has 1 aromatic heterocycles. The van der Waals surface area contributed by atoms with E-state index in [0.29, 0.717) is 16.2 Å². The van der Waals surface area contributed by atoms with Gasteiger partial charge in [0.1, 0.15) is 10.8 Å². The SMILES string of the molecule is COC(=O)c1c(NC(=O)COc2ccccc2C)sc(C(=O)NC(C)C)c1C. The minimum atomic E-state index is -0.618. The van der Waals surface area contributed by atoms with Crippen molar-refractivity contribution in [3.05, 3.63) is 45.8 Å². The van der Waals surface area contributed by atoms with E-state index >= 15 is 0 Å². The molecule has 0 radical (unpaired) electrons. The molecule has 0 aliphatic rings. The summed E-state index contributed by atoms with van der Waals surface area (Å²) in [4.78, 5) is 37.3. The van der Waals surface area contributed by atoms with Crippen LogP contribution in [0.15, 0.2) is 24.3 Å². The summed E-state index contributed by atoms with van der Waals surface area (Å²) in [5.74, 6) is -0.762. The first kappa shape index (κ1) is 21.4. The molecule has 150 valence electrons. The van der Waals surface area contributed by atoms with E-state index in [9.17, 15) is 14.4 Å². The number of rotatable bonds is 7. The number of esters is 1. The Bertz CT molecular complexity index is 889. The molecule has 1 heterocycles. The molecule has 0 unspecified atom stereocenters. The number of thiophene rings is 1. The van der Waals surface area contributed by atoms with Gasteiger partial charge in [-0.15, -0.1) is 11.3 Å². The highest BCUT2D eigenvalue weighted by molar-refractivity contribution is 7.18. The van der Waals surface area contributed by atoms with E-state index in [2.05, 4.69) is 10.6 Å². The maximum atomic E-state index is 12.4. The highest BCUT2D eigenvalue weighted by atomic mass is 32.1. The minimum Gasteiger partial charge on any atom is -0.483 e. The van der Waals surface area contributed by atoms with Crippen molar-refractivity contribution in [3.8, 4) is 5.75 Å². The van der Waals surface area contributed by atoms with Gasteiger partial charge in [0.25, 0.3) is 11.8 Å². The summed E-state index contributed by atoms with van der Waals surface area (Å²) < 4.78 is 10.3. The number of hydrogen-bond donors (Lipinski definition) is 2. The molecule has 2 aromatic rings. The second kappa shape index (κ2) is 9.36. The van der Waals surface area contributed by atoms with Crippen LogP contribution in [0.3, 0.4) is 0 Å². The summed E-state index contributed by atoms with van der Waals surface area (Å²) in [6.45, 7) is 6.99. The first-order chi connectivity index (χ1) is 13.2. The predicted octanol–water partition coefficient (Wildman–Crippen LogP) is 3.31. The second-order valence-electron chi connectivity index (χ2n) is 6.48. The molecule has 7 nitrogen and oxygen atoms in total. The van der Waals surface area contributed by atoms with E-state index in [0.717, 1.165) is 16.9 Å². The topological polar surface area (TPSA) is 93.7 Å². The zero-order valence-corrected chi connectivity index (χ0v) is 17.4. The van der Waals surface area contributed by atoms with E-state index < -0.39 is 11.9 Å². The maximum Gasteiger partial charge on any atom is 0.341 e. The van der Waals surface area contributed by atoms with Crippen LogP contribution in [-0.4, -0.2) is 37.5 Å². The molecular formula is C20H24N2O5S. The Kier molecular flexibility index (Phi) is 7.17. The number of nitrogens with one attached hydrogen (secondary N) is 2. The molecule has 0 aliphatic carbocycles. The van der Waals surface area contributed by atoms with Crippen molar-refractivity contribution in [1.82, 2.24) is 5.32 Å². The van der Waals surface area contributed by atoms with Crippen LogP contribution in [-0.2, 0) is 9.53 Å². The summed E-state index contributed by atoms with van der Waals surface area (Å²) in [7, 11) is 1.25. The molecule has 0 spiro atoms. The van der Waals surface area contributed by atoms with E-state index in [4.69, 9.17) is 9.47 Å². The summed E-state index contributed by atoms with van der Waals surface area (Å²) in [6.07, 6.45) is 0. The number of benzene rings is 1. The quantitative estimate of drug-likeness (QED) is 0.691. The van der Waals surface area contributed by atoms with Gasteiger partial charge < -0.3 is 20.1 Å². The number of carbonyl (C=O) groups is 3. The lowest BCUT2D eigenvalue weighted by Gasteiger charge is -2.09. The molecule has 28 heavy (non-hydrogen) atoms. The summed E-state index contributed by atoms with van der Waals surface area (Å²) in [5.41, 5.74) is 1.54. The molecule has 0 fully saturated rings. The van der Waals surface area contributed by atoms with Crippen molar-refractivity contribution >= 4 is 34.1 Å². The lowest BCUT2D eigenvalue weighted by molar-refractivity contribution is -0.118. The van der Waals surface area contributed by atoms with Gasteiger partial charge in [0.2, 0.25) is 0 Å². The van der Waals surface area contributed by atoms with Crippen LogP contribution >= 0.6 is 11.3 Å². The maximum absolute atomic E-state index is 12.4. The molecule has 2 rings (SSSR count). The fourth-order valence-corrected chi connectivity index (χ4v) is 3.63. The number of hydrogen-bond acceptors (Lipinski definition) is 6. The Morgan fingerprint density at radius 3 is 2.43 bits per heavy atom. The second-order valence-corrected chi connectivity index (χ2v) is 7.50. The van der Waals surface area contributed by atoms with Gasteiger partial charge in [-0.05, 0) is 44.9 Å². The van der Waals surface area contributed by atoms with Crippen LogP contribution in [0.5, 0.6) is 5.75 Å². The van der Waals surface area contributed by atoms with Gasteiger partial charge in [-0.1, -0.05) is 18.2 Å². The molecule has 0 bridgehead atoms. The molecule has 2 N–H and O–H groups in total. The minimum absolute atomic E-state index is 0.0591. The van der Waals surface area contributed by atoms with Crippen molar-refractivity contribution in [3.63, 3.8) is 0 Å². The van der Waals surface area contributed by atoms with Gasteiger partial charge in [-0.3, -0.25) is 9.59 Å². The molecular weight excluding hydrogens is 380 g/mol. The number of para-hydroxylation sites is 1. The van der Waals surface area contributed by atoms with Gasteiger partial charge in [-0.2, -0.15) is 0 Å². The molecule has 0 saturated heterocycles. The number of aryl methyl sites for hydroxylation is 1. The third kappa shape index (κ3) is 5.10. The summed E-state index contributed by atoms with van der Waals surface area (Å²) in [6, 6.07) is 7.29. The standard InChI is InChI=1S/C20H24N2O5S/c1-11(2)21-18(24)17-13(4)16(20(25)26-5)19(28-17)22-15(23)10-27-14-9-7-6-8-12(14)3/h6-9,11H,10H2,1-5H3,(H,21,24)(H,22,23). The van der Waals surface area contributed by atoms with Gasteiger partial charge in [-0.25, -0.2) is 4.79 Å². The van der Waals surface area contributed by atoms with E-state index in [1.165, 1.54) is 7.11 Å². The van der Waals surface area contributed by atoms with Crippen molar-refractivity contribution in [2.24, 2.45) is 0 Å². The third-order valence-corrected chi connectivity index (χ3v) is 5.07. The Morgan fingerprint density at radius 1 is 1.14 bits per heavy atom. The van der Waals surface area contributed by atoms with Crippen molar-refractivity contribution in [1.29, 1.82) is 0 Å². The molecule has 0 aliphatic heterocycles. The number of methoxy groups -OCH3 is 1.